The van der Waals surface area contributed by atoms with Crippen LogP contribution in [0.15, 0.2) is 36.4 Å². The second-order valence-corrected chi connectivity index (χ2v) is 7.80. The first kappa shape index (κ1) is 18.2. The molecule has 26 heavy (non-hydrogen) atoms. The van der Waals surface area contributed by atoms with Gasteiger partial charge in [0.25, 0.3) is 5.91 Å². The van der Waals surface area contributed by atoms with Crippen molar-refractivity contribution in [3.05, 3.63) is 53.1 Å². The summed E-state index contributed by atoms with van der Waals surface area (Å²) in [4.78, 5) is 26.6. The van der Waals surface area contributed by atoms with Gasteiger partial charge in [-0.2, -0.15) is 0 Å². The number of benzene rings is 1. The zero-order valence-electron chi connectivity index (χ0n) is 15.8. The first-order chi connectivity index (χ1) is 12.3. The van der Waals surface area contributed by atoms with E-state index in [0.29, 0.717) is 18.7 Å². The molecule has 1 N–H and O–H groups in total. The molecule has 5 nitrogen and oxygen atoms in total. The molecule has 0 spiro atoms. The number of ether oxygens (including phenoxy) is 1. The number of hydrogen-bond donors (Lipinski definition) is 1. The zero-order valence-corrected chi connectivity index (χ0v) is 15.8. The van der Waals surface area contributed by atoms with E-state index in [1.54, 1.807) is 4.90 Å². The molecule has 1 aromatic carbocycles. The summed E-state index contributed by atoms with van der Waals surface area (Å²) in [5.74, 6) is 0.0253. The van der Waals surface area contributed by atoms with Crippen LogP contribution in [0, 0.1) is 0 Å². The predicted molar refractivity (Wildman–Crippen MR) is 102 cm³/mol. The van der Waals surface area contributed by atoms with Gasteiger partial charge in [-0.3, -0.25) is 4.79 Å². The van der Waals surface area contributed by atoms with Crippen LogP contribution in [0.3, 0.4) is 0 Å². The summed E-state index contributed by atoms with van der Waals surface area (Å²) in [6.45, 7) is 8.56. The van der Waals surface area contributed by atoms with Crippen LogP contribution in [0.5, 0.6) is 0 Å². The molecule has 0 aromatic heterocycles. The second kappa shape index (κ2) is 6.98. The van der Waals surface area contributed by atoms with Gasteiger partial charge >= 0.3 is 6.09 Å². The lowest BCUT2D eigenvalue weighted by Crippen LogP contribution is -2.44. The molecular weight excluding hydrogens is 328 g/mol. The summed E-state index contributed by atoms with van der Waals surface area (Å²) in [5, 5.41) is 3.05. The summed E-state index contributed by atoms with van der Waals surface area (Å²) in [7, 11) is 0. The fourth-order valence-corrected chi connectivity index (χ4v) is 3.46. The van der Waals surface area contributed by atoms with E-state index in [2.05, 4.69) is 5.32 Å². The van der Waals surface area contributed by atoms with E-state index >= 15 is 0 Å². The summed E-state index contributed by atoms with van der Waals surface area (Å²) >= 11 is 0. The Hall–Kier alpha value is -2.56. The molecule has 1 saturated heterocycles. The van der Waals surface area contributed by atoms with Crippen LogP contribution in [0.1, 0.15) is 55.1 Å². The molecule has 1 fully saturated rings. The first-order valence-electron chi connectivity index (χ1n) is 9.00. The standard InChI is InChI=1S/C21H26N2O3/c1-5-6-7-8-14-9-10-15-16(11-14)19(24)22-18-13-23(12-17(15)18)20(25)26-21(2,3)4/h5-11,17-18H,12-13H2,1-4H3,(H,22,24)/t17-,18+/m1/s1. The van der Waals surface area contributed by atoms with Gasteiger partial charge in [-0.25, -0.2) is 4.79 Å². The molecule has 2 aliphatic rings. The molecule has 2 heterocycles. The fraction of sp³-hybridized carbons (Fsp3) is 0.429. The molecule has 1 aromatic rings. The molecule has 0 aliphatic carbocycles. The van der Waals surface area contributed by atoms with Crippen molar-refractivity contribution in [2.24, 2.45) is 0 Å². The van der Waals surface area contributed by atoms with Gasteiger partial charge in [0.1, 0.15) is 5.60 Å². The number of fused-ring (bicyclic) bond motifs is 3. The molecule has 3 rings (SSSR count). The maximum atomic E-state index is 12.5. The first-order valence-corrected chi connectivity index (χ1v) is 9.00. The molecule has 2 amide bonds. The van der Waals surface area contributed by atoms with Gasteiger partial charge in [0.15, 0.2) is 0 Å². The van der Waals surface area contributed by atoms with Crippen molar-refractivity contribution < 1.29 is 14.3 Å². The SMILES string of the molecule is CC=CC=Cc1ccc2c(c1)C(=O)N[C@H]1CN(C(=O)OC(C)(C)C)C[C@H]21. The minimum atomic E-state index is -0.528. The third kappa shape index (κ3) is 3.82. The van der Waals surface area contributed by atoms with Crippen molar-refractivity contribution in [2.75, 3.05) is 13.1 Å². The van der Waals surface area contributed by atoms with Crippen LogP contribution >= 0.6 is 0 Å². The highest BCUT2D eigenvalue weighted by molar-refractivity contribution is 5.98. The van der Waals surface area contributed by atoms with Crippen molar-refractivity contribution >= 4 is 18.1 Å². The Labute approximate surface area is 154 Å². The van der Waals surface area contributed by atoms with Crippen LogP contribution < -0.4 is 5.32 Å². The topological polar surface area (TPSA) is 58.6 Å². The number of rotatable bonds is 2. The van der Waals surface area contributed by atoms with E-state index in [1.807, 2.05) is 70.2 Å². The summed E-state index contributed by atoms with van der Waals surface area (Å²) < 4.78 is 5.48. The van der Waals surface area contributed by atoms with Gasteiger partial charge in [0.2, 0.25) is 0 Å². The Balaban J connectivity index is 1.81. The summed E-state index contributed by atoms with van der Waals surface area (Å²) in [6.07, 6.45) is 7.50. The van der Waals surface area contributed by atoms with Crippen LogP contribution in [0.2, 0.25) is 0 Å². The van der Waals surface area contributed by atoms with Gasteiger partial charge in [-0.15, -0.1) is 0 Å². The minimum absolute atomic E-state index is 0.0630. The quantitative estimate of drug-likeness (QED) is 0.824. The fourth-order valence-electron chi connectivity index (χ4n) is 3.46. The molecular formula is C21H26N2O3. The van der Waals surface area contributed by atoms with Crippen molar-refractivity contribution in [2.45, 2.75) is 45.3 Å². The molecule has 2 atom stereocenters. The Kier molecular flexibility index (Phi) is 4.90. The van der Waals surface area contributed by atoms with Crippen molar-refractivity contribution in [1.29, 1.82) is 0 Å². The highest BCUT2D eigenvalue weighted by atomic mass is 16.6. The van der Waals surface area contributed by atoms with Crippen molar-refractivity contribution in [1.82, 2.24) is 10.2 Å². The number of carbonyl (C=O) groups excluding carboxylic acids is 2. The molecule has 138 valence electrons. The monoisotopic (exact) mass is 354 g/mol. The van der Waals surface area contributed by atoms with Crippen molar-refractivity contribution in [3.63, 3.8) is 0 Å². The lowest BCUT2D eigenvalue weighted by Gasteiger charge is -2.27. The smallest absolute Gasteiger partial charge is 0.410 e. The normalized spacial score (nSPS) is 22.5. The number of carbonyl (C=O) groups is 2. The van der Waals surface area contributed by atoms with E-state index in [-0.39, 0.29) is 24.0 Å². The summed E-state index contributed by atoms with van der Waals surface area (Å²) in [5.41, 5.74) is 2.16. The Morgan fingerprint density at radius 1 is 1.27 bits per heavy atom. The van der Waals surface area contributed by atoms with Gasteiger partial charge in [-0.1, -0.05) is 36.4 Å². The van der Waals surface area contributed by atoms with Gasteiger partial charge in [0.05, 0.1) is 6.04 Å². The maximum Gasteiger partial charge on any atom is 0.410 e. The van der Waals surface area contributed by atoms with Crippen LogP contribution in [0.25, 0.3) is 6.08 Å². The number of amides is 2. The van der Waals surface area contributed by atoms with Crippen LogP contribution in [-0.2, 0) is 4.74 Å². The Bertz CT molecular complexity index is 774. The summed E-state index contributed by atoms with van der Waals surface area (Å²) in [6, 6.07) is 5.88. The molecule has 5 heteroatoms. The number of hydrogen-bond acceptors (Lipinski definition) is 3. The number of nitrogens with zero attached hydrogens (tertiary/aromatic N) is 1. The van der Waals surface area contributed by atoms with E-state index in [1.165, 1.54) is 0 Å². The van der Waals surface area contributed by atoms with E-state index < -0.39 is 5.60 Å². The molecule has 0 radical (unpaired) electrons. The highest BCUT2D eigenvalue weighted by Gasteiger charge is 2.42. The maximum absolute atomic E-state index is 12.5. The largest absolute Gasteiger partial charge is 0.444 e. The molecule has 2 aliphatic heterocycles. The number of allylic oxidation sites excluding steroid dienone is 3. The molecule has 0 bridgehead atoms. The minimum Gasteiger partial charge on any atom is -0.444 e. The van der Waals surface area contributed by atoms with Gasteiger partial charge in [0, 0.05) is 24.6 Å². The lowest BCUT2D eigenvalue weighted by atomic mass is 9.85. The average Bonchev–Trinajstić information content (AvgIpc) is 2.98. The van der Waals surface area contributed by atoms with E-state index in [9.17, 15) is 9.59 Å². The Morgan fingerprint density at radius 3 is 2.73 bits per heavy atom. The molecule has 0 saturated carbocycles. The zero-order chi connectivity index (χ0) is 18.9. The third-order valence-electron chi connectivity index (χ3n) is 4.60. The van der Waals surface area contributed by atoms with Gasteiger partial charge < -0.3 is 15.0 Å². The van der Waals surface area contributed by atoms with Crippen LogP contribution in [-0.4, -0.2) is 41.6 Å². The predicted octanol–water partition coefficient (Wildman–Crippen LogP) is 3.72. The van der Waals surface area contributed by atoms with Crippen molar-refractivity contribution in [3.8, 4) is 0 Å². The Morgan fingerprint density at radius 2 is 2.04 bits per heavy atom. The number of likely N-dealkylation sites (tertiary alicyclic amines) is 1. The van der Waals surface area contributed by atoms with Gasteiger partial charge in [-0.05, 0) is 44.9 Å². The number of nitrogens with one attached hydrogen (secondary N) is 1. The van der Waals surface area contributed by atoms with E-state index in [4.69, 9.17) is 4.74 Å². The third-order valence-corrected chi connectivity index (χ3v) is 4.60. The second-order valence-electron chi connectivity index (χ2n) is 7.80. The lowest BCUT2D eigenvalue weighted by molar-refractivity contribution is 0.0288. The van der Waals surface area contributed by atoms with Crippen LogP contribution in [0.4, 0.5) is 4.79 Å². The molecule has 0 unspecified atom stereocenters. The highest BCUT2D eigenvalue weighted by Crippen LogP contribution is 2.35. The van der Waals surface area contributed by atoms with E-state index in [0.717, 1.165) is 11.1 Å². The average molecular weight is 354 g/mol.